The first-order chi connectivity index (χ1) is 9.72. The first-order valence-electron chi connectivity index (χ1n) is 5.82. The van der Waals surface area contributed by atoms with Crippen LogP contribution in [0.5, 0.6) is 11.5 Å². The van der Waals surface area contributed by atoms with E-state index >= 15 is 0 Å². The minimum Gasteiger partial charge on any atom is -0.493 e. The lowest BCUT2D eigenvalue weighted by atomic mass is 10.2. The minimum atomic E-state index is 0.421. The highest BCUT2D eigenvalue weighted by Gasteiger charge is 2.12. The van der Waals surface area contributed by atoms with Gasteiger partial charge in [0, 0.05) is 12.1 Å². The summed E-state index contributed by atoms with van der Waals surface area (Å²) in [6, 6.07) is 3.71. The Morgan fingerprint density at radius 1 is 1.30 bits per heavy atom. The highest BCUT2D eigenvalue weighted by Crippen LogP contribution is 2.32. The number of aromatic amines is 1. The van der Waals surface area contributed by atoms with Crippen molar-refractivity contribution in [1.29, 1.82) is 0 Å². The zero-order chi connectivity index (χ0) is 14.1. The average Bonchev–Trinajstić information content (AvgIpc) is 3.06. The molecule has 0 bridgehead atoms. The Kier molecular flexibility index (Phi) is 3.15. The molecule has 8 heteroatoms. The number of imidazole rings is 1. The number of methoxy groups -OCH3 is 2. The van der Waals surface area contributed by atoms with Crippen LogP contribution in [-0.2, 0) is 6.54 Å². The van der Waals surface area contributed by atoms with Gasteiger partial charge in [-0.2, -0.15) is 4.98 Å². The Hall–Kier alpha value is -2.35. The predicted molar refractivity (Wildman–Crippen MR) is 73.6 cm³/mol. The van der Waals surface area contributed by atoms with Crippen LogP contribution < -0.4 is 9.47 Å². The summed E-state index contributed by atoms with van der Waals surface area (Å²) >= 11 is 5.32. The van der Waals surface area contributed by atoms with Crippen LogP contribution in [0.4, 0.5) is 0 Å². The topological polar surface area (TPSA) is 78.1 Å². The third-order valence-corrected chi connectivity index (χ3v) is 3.31. The summed E-state index contributed by atoms with van der Waals surface area (Å²) in [5, 5.41) is 3.79. The third-order valence-electron chi connectivity index (χ3n) is 2.99. The molecule has 2 heterocycles. The maximum atomic E-state index is 5.32. The number of fused-ring (bicyclic) bond motifs is 1. The van der Waals surface area contributed by atoms with Crippen LogP contribution in [0, 0.1) is 4.77 Å². The van der Waals surface area contributed by atoms with Crippen LogP contribution in [0.25, 0.3) is 11.0 Å². The number of benzene rings is 1. The number of hydrogen-bond acceptors (Lipinski definition) is 6. The molecule has 1 N–H and O–H groups in total. The van der Waals surface area contributed by atoms with Gasteiger partial charge in [-0.3, -0.25) is 0 Å². The Bertz CT molecular complexity index is 791. The Labute approximate surface area is 119 Å². The quantitative estimate of drug-likeness (QED) is 0.742. The molecule has 0 saturated carbocycles. The van der Waals surface area contributed by atoms with Crippen LogP contribution >= 0.6 is 12.2 Å². The van der Waals surface area contributed by atoms with Crippen molar-refractivity contribution in [3.63, 3.8) is 0 Å². The highest BCUT2D eigenvalue weighted by molar-refractivity contribution is 7.71. The fraction of sp³-hybridized carbons (Fsp3) is 0.250. The number of H-pyrrole nitrogens is 1. The van der Waals surface area contributed by atoms with E-state index in [2.05, 4.69) is 15.1 Å². The monoisotopic (exact) mass is 292 g/mol. The lowest BCUT2D eigenvalue weighted by Crippen LogP contribution is -2.01. The molecule has 0 unspecified atom stereocenters. The van der Waals surface area contributed by atoms with Crippen molar-refractivity contribution >= 4 is 23.3 Å². The second-order valence-electron chi connectivity index (χ2n) is 4.09. The molecule has 104 valence electrons. The Morgan fingerprint density at radius 2 is 2.05 bits per heavy atom. The van der Waals surface area contributed by atoms with E-state index in [1.165, 1.54) is 6.39 Å². The molecule has 0 radical (unpaired) electrons. The van der Waals surface area contributed by atoms with Crippen LogP contribution in [-0.4, -0.2) is 33.9 Å². The van der Waals surface area contributed by atoms with E-state index in [0.29, 0.717) is 28.6 Å². The first-order valence-corrected chi connectivity index (χ1v) is 6.23. The molecule has 0 spiro atoms. The van der Waals surface area contributed by atoms with Gasteiger partial charge in [0.1, 0.15) is 0 Å². The van der Waals surface area contributed by atoms with Gasteiger partial charge in [-0.1, -0.05) is 5.16 Å². The van der Waals surface area contributed by atoms with Crippen molar-refractivity contribution in [2.24, 2.45) is 0 Å². The molecule has 0 atom stereocenters. The normalized spacial score (nSPS) is 10.9. The van der Waals surface area contributed by atoms with E-state index in [0.717, 1.165) is 11.0 Å². The minimum absolute atomic E-state index is 0.421. The third kappa shape index (κ3) is 2.03. The van der Waals surface area contributed by atoms with Crippen molar-refractivity contribution in [3.8, 4) is 11.5 Å². The number of hydrogen-bond donors (Lipinski definition) is 1. The molecule has 3 aromatic rings. The molecule has 0 aliphatic heterocycles. The van der Waals surface area contributed by atoms with Gasteiger partial charge in [0.05, 0.1) is 31.8 Å². The first kappa shape index (κ1) is 12.7. The maximum absolute atomic E-state index is 5.32. The fourth-order valence-corrected chi connectivity index (χ4v) is 2.32. The van der Waals surface area contributed by atoms with Gasteiger partial charge in [0.2, 0.25) is 6.39 Å². The zero-order valence-corrected chi connectivity index (χ0v) is 11.7. The molecular weight excluding hydrogens is 280 g/mol. The molecule has 3 rings (SSSR count). The molecule has 0 aliphatic carbocycles. The zero-order valence-electron chi connectivity index (χ0n) is 10.9. The number of ether oxygens (including phenoxy) is 2. The summed E-state index contributed by atoms with van der Waals surface area (Å²) in [7, 11) is 3.18. The SMILES string of the molecule is COc1cc2[nH]c(=S)n(Cc3ncon3)c2cc1OC. The van der Waals surface area contributed by atoms with Crippen molar-refractivity contribution in [2.45, 2.75) is 6.54 Å². The Morgan fingerprint density at radius 3 is 2.70 bits per heavy atom. The summed E-state index contributed by atoms with van der Waals surface area (Å²) in [5.41, 5.74) is 1.74. The fourth-order valence-electron chi connectivity index (χ4n) is 2.04. The summed E-state index contributed by atoms with van der Waals surface area (Å²) in [5.74, 6) is 1.83. The van der Waals surface area contributed by atoms with Crippen LogP contribution in [0.1, 0.15) is 5.82 Å². The molecule has 2 aromatic heterocycles. The molecule has 1 aromatic carbocycles. The van der Waals surface area contributed by atoms with E-state index in [1.807, 2.05) is 16.7 Å². The van der Waals surface area contributed by atoms with Crippen molar-refractivity contribution in [1.82, 2.24) is 19.7 Å². The van der Waals surface area contributed by atoms with Crippen LogP contribution in [0.3, 0.4) is 0 Å². The maximum Gasteiger partial charge on any atom is 0.213 e. The Balaban J connectivity index is 2.16. The predicted octanol–water partition coefficient (Wildman–Crippen LogP) is 2.15. The van der Waals surface area contributed by atoms with Gasteiger partial charge in [-0.15, -0.1) is 0 Å². The van der Waals surface area contributed by atoms with Crippen LogP contribution in [0.15, 0.2) is 23.0 Å². The molecule has 0 aliphatic rings. The number of nitrogens with zero attached hydrogens (tertiary/aromatic N) is 3. The average molecular weight is 292 g/mol. The van der Waals surface area contributed by atoms with Gasteiger partial charge in [0.15, 0.2) is 22.1 Å². The van der Waals surface area contributed by atoms with Crippen LogP contribution in [0.2, 0.25) is 0 Å². The van der Waals surface area contributed by atoms with E-state index < -0.39 is 0 Å². The number of aromatic nitrogens is 4. The number of rotatable bonds is 4. The number of nitrogens with one attached hydrogen (secondary N) is 1. The van der Waals surface area contributed by atoms with E-state index in [9.17, 15) is 0 Å². The van der Waals surface area contributed by atoms with Gasteiger partial charge in [-0.25, -0.2) is 0 Å². The standard InChI is InChI=1S/C12H12N4O3S/c1-17-9-3-7-8(4-10(9)18-2)16(12(20)14-7)5-11-13-6-19-15-11/h3-4,6H,5H2,1-2H3,(H,14,20). The van der Waals surface area contributed by atoms with Gasteiger partial charge < -0.3 is 23.5 Å². The lowest BCUT2D eigenvalue weighted by molar-refractivity contribution is 0.355. The van der Waals surface area contributed by atoms with Crippen molar-refractivity contribution < 1.29 is 14.0 Å². The summed E-state index contributed by atoms with van der Waals surface area (Å²) in [6.07, 6.45) is 1.29. The molecule has 7 nitrogen and oxygen atoms in total. The molecule has 20 heavy (non-hydrogen) atoms. The molecule has 0 fully saturated rings. The summed E-state index contributed by atoms with van der Waals surface area (Å²) in [4.78, 5) is 7.12. The van der Waals surface area contributed by atoms with E-state index in [4.69, 9.17) is 26.2 Å². The smallest absolute Gasteiger partial charge is 0.213 e. The van der Waals surface area contributed by atoms with Crippen molar-refractivity contribution in [3.05, 3.63) is 29.1 Å². The van der Waals surface area contributed by atoms with E-state index in [1.54, 1.807) is 14.2 Å². The largest absolute Gasteiger partial charge is 0.493 e. The highest BCUT2D eigenvalue weighted by atomic mass is 32.1. The van der Waals surface area contributed by atoms with Gasteiger partial charge in [0.25, 0.3) is 0 Å². The summed E-state index contributed by atoms with van der Waals surface area (Å²) < 4.78 is 17.8. The van der Waals surface area contributed by atoms with Crippen molar-refractivity contribution in [2.75, 3.05) is 14.2 Å². The second kappa shape index (κ2) is 4.97. The second-order valence-corrected chi connectivity index (χ2v) is 4.47. The van der Waals surface area contributed by atoms with Gasteiger partial charge in [-0.05, 0) is 12.2 Å². The molecule has 0 amide bonds. The van der Waals surface area contributed by atoms with Gasteiger partial charge >= 0.3 is 0 Å². The van der Waals surface area contributed by atoms with E-state index in [-0.39, 0.29) is 0 Å². The summed E-state index contributed by atoms with van der Waals surface area (Å²) in [6.45, 7) is 0.421. The molecular formula is C12H12N4O3S. The lowest BCUT2D eigenvalue weighted by Gasteiger charge is -2.08. The molecule has 0 saturated heterocycles.